The summed E-state index contributed by atoms with van der Waals surface area (Å²) >= 11 is 0.704. The van der Waals surface area contributed by atoms with Crippen LogP contribution in [0.3, 0.4) is 0 Å². The molecule has 1 N–H and O–H groups in total. The number of carbonyl (C=O) groups excluding carboxylic acids is 2. The van der Waals surface area contributed by atoms with Crippen LogP contribution in [-0.4, -0.2) is 41.5 Å². The van der Waals surface area contributed by atoms with Crippen LogP contribution in [0.5, 0.6) is 0 Å². The summed E-state index contributed by atoms with van der Waals surface area (Å²) in [6, 6.07) is 4.72. The van der Waals surface area contributed by atoms with E-state index in [1.165, 1.54) is 12.1 Å². The second-order valence-corrected chi connectivity index (χ2v) is 8.52. The van der Waals surface area contributed by atoms with Crippen LogP contribution < -0.4 is 10.2 Å². The predicted molar refractivity (Wildman–Crippen MR) is 118 cm³/mol. The second kappa shape index (κ2) is 9.63. The van der Waals surface area contributed by atoms with Gasteiger partial charge in [0.05, 0.1) is 15.2 Å². The Morgan fingerprint density at radius 3 is 2.59 bits per heavy atom. The maximum absolute atomic E-state index is 13.8. The number of ether oxygens (including phenoxy) is 1. The van der Waals surface area contributed by atoms with Gasteiger partial charge in [0.2, 0.25) is 0 Å². The summed E-state index contributed by atoms with van der Waals surface area (Å²) in [6.45, 7) is 0.598. The number of halogens is 3. The zero-order chi connectivity index (χ0) is 24.4. The number of hydrogen-bond acceptors (Lipinski definition) is 8. The average Bonchev–Trinajstić information content (AvgIpc) is 3.23. The molecule has 1 aliphatic rings. The molecule has 0 radical (unpaired) electrons. The molecule has 1 fully saturated rings. The summed E-state index contributed by atoms with van der Waals surface area (Å²) in [5.41, 5.74) is -0.378. The third kappa shape index (κ3) is 4.78. The number of fused-ring (bicyclic) bond motifs is 1. The van der Waals surface area contributed by atoms with Crippen LogP contribution in [-0.2, 0) is 9.53 Å². The van der Waals surface area contributed by atoms with Crippen LogP contribution in [0.1, 0.15) is 29.6 Å². The van der Waals surface area contributed by atoms with Crippen molar-refractivity contribution in [2.24, 2.45) is 0 Å². The Balaban J connectivity index is 1.41. The van der Waals surface area contributed by atoms with Gasteiger partial charge in [-0.05, 0) is 37.5 Å². The highest BCUT2D eigenvalue weighted by molar-refractivity contribution is 7.22. The van der Waals surface area contributed by atoms with E-state index in [0.717, 1.165) is 31.4 Å². The van der Waals surface area contributed by atoms with Crippen LogP contribution >= 0.6 is 11.3 Å². The Kier molecular flexibility index (Phi) is 6.63. The van der Waals surface area contributed by atoms with E-state index in [-0.39, 0.29) is 21.1 Å². The lowest BCUT2D eigenvalue weighted by Crippen LogP contribution is -2.30. The molecule has 0 unspecified atom stereocenters. The summed E-state index contributed by atoms with van der Waals surface area (Å²) in [5, 5.41) is 13.6. The maximum atomic E-state index is 13.8. The largest absolute Gasteiger partial charge is 0.452 e. The number of anilines is 2. The van der Waals surface area contributed by atoms with Crippen LogP contribution in [0.25, 0.3) is 10.2 Å². The van der Waals surface area contributed by atoms with E-state index in [1.807, 2.05) is 4.90 Å². The van der Waals surface area contributed by atoms with Crippen molar-refractivity contribution in [2.45, 2.75) is 19.3 Å². The first-order chi connectivity index (χ1) is 16.2. The third-order valence-corrected chi connectivity index (χ3v) is 6.12. The molecule has 1 saturated heterocycles. The third-order valence-electron chi connectivity index (χ3n) is 5.21. The van der Waals surface area contributed by atoms with Gasteiger partial charge in [0, 0.05) is 19.2 Å². The number of nitrogens with one attached hydrogen (secondary N) is 1. The first-order valence-corrected chi connectivity index (χ1v) is 11.0. The molecule has 0 saturated carbocycles. The van der Waals surface area contributed by atoms with Gasteiger partial charge < -0.3 is 9.64 Å². The number of nitro benzene ring substituents is 1. The number of aromatic nitrogens is 1. The number of benzene rings is 2. The van der Waals surface area contributed by atoms with Crippen molar-refractivity contribution in [2.75, 3.05) is 29.9 Å². The molecular formula is C21H17F3N4O5S. The standard InChI is InChI=1S/C21H17F3N4O5S/c22-12-9-15-19(18(24)17(12)23)26-21(34-15)25-16(29)10-33-20(30)11-4-5-13(14(8-11)28(31)32)27-6-2-1-3-7-27/h4-5,8-9H,1-3,6-7,10H2,(H,25,26,29). The van der Waals surface area contributed by atoms with Crippen LogP contribution in [0, 0.1) is 27.6 Å². The molecule has 1 amide bonds. The molecule has 1 aliphatic heterocycles. The number of esters is 1. The van der Waals surface area contributed by atoms with E-state index in [0.29, 0.717) is 30.1 Å². The molecule has 0 spiro atoms. The van der Waals surface area contributed by atoms with Crippen LogP contribution in [0.2, 0.25) is 0 Å². The van der Waals surface area contributed by atoms with Crippen molar-refractivity contribution in [3.8, 4) is 0 Å². The molecule has 2 heterocycles. The summed E-state index contributed by atoms with van der Waals surface area (Å²) in [5.74, 6) is -6.34. The Hall–Kier alpha value is -3.74. The minimum atomic E-state index is -1.68. The zero-order valence-electron chi connectivity index (χ0n) is 17.5. The fourth-order valence-corrected chi connectivity index (χ4v) is 4.50. The number of rotatable bonds is 6. The molecular weight excluding hydrogens is 477 g/mol. The number of carbonyl (C=O) groups is 2. The van der Waals surface area contributed by atoms with Crippen LogP contribution in [0.4, 0.5) is 29.7 Å². The number of amides is 1. The Morgan fingerprint density at radius 1 is 1.15 bits per heavy atom. The summed E-state index contributed by atoms with van der Waals surface area (Å²) in [6.07, 6.45) is 2.89. The van der Waals surface area contributed by atoms with E-state index < -0.39 is 46.4 Å². The van der Waals surface area contributed by atoms with E-state index >= 15 is 0 Å². The topological polar surface area (TPSA) is 115 Å². The van der Waals surface area contributed by atoms with Crippen molar-refractivity contribution in [1.82, 2.24) is 4.98 Å². The van der Waals surface area contributed by atoms with Crippen molar-refractivity contribution in [3.05, 3.63) is 57.4 Å². The van der Waals surface area contributed by atoms with Gasteiger partial charge in [-0.2, -0.15) is 0 Å². The van der Waals surface area contributed by atoms with Crippen molar-refractivity contribution in [3.63, 3.8) is 0 Å². The van der Waals surface area contributed by atoms with Crippen molar-refractivity contribution in [1.29, 1.82) is 0 Å². The summed E-state index contributed by atoms with van der Waals surface area (Å²) in [4.78, 5) is 41.0. The van der Waals surface area contributed by atoms with Gasteiger partial charge in [-0.1, -0.05) is 11.3 Å². The molecule has 2 aromatic carbocycles. The average molecular weight is 494 g/mol. The van der Waals surface area contributed by atoms with Gasteiger partial charge in [-0.15, -0.1) is 0 Å². The normalized spacial score (nSPS) is 13.7. The number of thiazole rings is 1. The van der Waals surface area contributed by atoms with Gasteiger partial charge in [-0.25, -0.2) is 22.9 Å². The van der Waals surface area contributed by atoms with Gasteiger partial charge in [0.15, 0.2) is 29.2 Å². The molecule has 3 aromatic rings. The Morgan fingerprint density at radius 2 is 1.88 bits per heavy atom. The van der Waals surface area contributed by atoms with Gasteiger partial charge in [0.25, 0.3) is 11.6 Å². The summed E-state index contributed by atoms with van der Waals surface area (Å²) < 4.78 is 45.3. The molecule has 13 heteroatoms. The smallest absolute Gasteiger partial charge is 0.338 e. The number of nitrogens with zero attached hydrogens (tertiary/aromatic N) is 3. The first-order valence-electron chi connectivity index (χ1n) is 10.2. The van der Waals surface area contributed by atoms with Gasteiger partial charge in [0.1, 0.15) is 11.2 Å². The van der Waals surface area contributed by atoms with E-state index in [4.69, 9.17) is 4.74 Å². The van der Waals surface area contributed by atoms with E-state index in [9.17, 15) is 32.9 Å². The zero-order valence-corrected chi connectivity index (χ0v) is 18.3. The maximum Gasteiger partial charge on any atom is 0.338 e. The van der Waals surface area contributed by atoms with E-state index in [2.05, 4.69) is 10.3 Å². The molecule has 9 nitrogen and oxygen atoms in total. The number of hydrogen-bond donors (Lipinski definition) is 1. The monoisotopic (exact) mass is 494 g/mol. The molecule has 1 aromatic heterocycles. The molecule has 0 aliphatic carbocycles. The van der Waals surface area contributed by atoms with Gasteiger partial charge >= 0.3 is 5.97 Å². The highest BCUT2D eigenvalue weighted by atomic mass is 32.1. The van der Waals surface area contributed by atoms with Crippen molar-refractivity contribution < 1.29 is 32.4 Å². The molecule has 4 rings (SSSR count). The molecule has 178 valence electrons. The quantitative estimate of drug-likeness (QED) is 0.234. The van der Waals surface area contributed by atoms with E-state index in [1.54, 1.807) is 0 Å². The first kappa shape index (κ1) is 23.4. The molecule has 0 bridgehead atoms. The van der Waals surface area contributed by atoms with Gasteiger partial charge in [-0.3, -0.25) is 20.2 Å². The highest BCUT2D eigenvalue weighted by Crippen LogP contribution is 2.32. The Bertz CT molecular complexity index is 1290. The summed E-state index contributed by atoms with van der Waals surface area (Å²) in [7, 11) is 0. The minimum absolute atomic E-state index is 0.0233. The minimum Gasteiger partial charge on any atom is -0.452 e. The molecule has 0 atom stereocenters. The van der Waals surface area contributed by atoms with Crippen molar-refractivity contribution >= 4 is 49.9 Å². The lowest BCUT2D eigenvalue weighted by molar-refractivity contribution is -0.384. The lowest BCUT2D eigenvalue weighted by Gasteiger charge is -2.28. The second-order valence-electron chi connectivity index (χ2n) is 7.48. The lowest BCUT2D eigenvalue weighted by atomic mass is 10.1. The fourth-order valence-electron chi connectivity index (χ4n) is 3.60. The predicted octanol–water partition coefficient (Wildman–Crippen LogP) is 4.41. The molecule has 34 heavy (non-hydrogen) atoms. The number of nitro groups is 1. The highest BCUT2D eigenvalue weighted by Gasteiger charge is 2.24. The fraction of sp³-hybridized carbons (Fsp3) is 0.286. The number of piperidine rings is 1. The Labute approximate surface area is 194 Å². The SMILES string of the molecule is O=C(COC(=O)c1ccc(N2CCCCC2)c([N+](=O)[O-])c1)Nc1nc2c(F)c(F)c(F)cc2s1. The van der Waals surface area contributed by atoms with Crippen LogP contribution in [0.15, 0.2) is 24.3 Å².